The average Bonchev–Trinajstić information content (AvgIpc) is 2.27. The van der Waals surface area contributed by atoms with E-state index in [4.69, 9.17) is 0 Å². The first-order valence-electron chi connectivity index (χ1n) is 6.13. The molecule has 0 aromatic carbocycles. The number of aliphatic carboxylic acids is 1. The van der Waals surface area contributed by atoms with E-state index in [1.165, 1.54) is 0 Å². The van der Waals surface area contributed by atoms with E-state index in [1.807, 2.05) is 6.08 Å². The summed E-state index contributed by atoms with van der Waals surface area (Å²) < 4.78 is 0. The van der Waals surface area contributed by atoms with Gasteiger partial charge in [0, 0.05) is 18.1 Å². The first kappa shape index (κ1) is 17.8. The Labute approximate surface area is 119 Å². The molecule has 0 fully saturated rings. The summed E-state index contributed by atoms with van der Waals surface area (Å²) in [6.07, 6.45) is 1.81. The number of thioether (sulfide) groups is 1. The van der Waals surface area contributed by atoms with Crippen molar-refractivity contribution in [2.75, 3.05) is 18.1 Å². The quantitative estimate of drug-likeness (QED) is 0.472. The van der Waals surface area contributed by atoms with E-state index in [9.17, 15) is 14.7 Å². The Hall–Kier alpha value is -1.17. The van der Waals surface area contributed by atoms with Crippen LogP contribution in [0.3, 0.4) is 0 Å². The van der Waals surface area contributed by atoms with Crippen molar-refractivity contribution in [2.45, 2.75) is 33.2 Å². The maximum atomic E-state index is 11.7. The van der Waals surface area contributed by atoms with E-state index in [0.29, 0.717) is 6.54 Å². The molecule has 0 aromatic rings. The molecule has 110 valence electrons. The second-order valence-corrected chi connectivity index (χ2v) is 6.45. The summed E-state index contributed by atoms with van der Waals surface area (Å²) in [4.78, 5) is 22.9. The van der Waals surface area contributed by atoms with Gasteiger partial charge in [-0.3, -0.25) is 4.79 Å². The minimum absolute atomic E-state index is 0.349. The van der Waals surface area contributed by atoms with Gasteiger partial charge in [-0.1, -0.05) is 6.08 Å². The highest BCUT2D eigenvalue weighted by Gasteiger charge is 2.44. The van der Waals surface area contributed by atoms with Gasteiger partial charge in [0.1, 0.15) is 0 Å². The van der Waals surface area contributed by atoms with Crippen molar-refractivity contribution in [3.63, 3.8) is 0 Å². The monoisotopic (exact) mass is 288 g/mol. The zero-order valence-electron chi connectivity index (χ0n) is 12.1. The number of carbonyl (C=O) groups excluding carboxylic acids is 1. The van der Waals surface area contributed by atoms with E-state index >= 15 is 0 Å². The summed E-state index contributed by atoms with van der Waals surface area (Å²) in [5, 5.41) is 14.6. The van der Waals surface area contributed by atoms with E-state index in [1.54, 1.807) is 39.5 Å². The third-order valence-corrected chi connectivity index (χ3v) is 4.26. The number of carboxylic acid groups (broad SMARTS) is 1. The lowest BCUT2D eigenvalue weighted by Crippen LogP contribution is -2.59. The Balaban J connectivity index is 4.24. The summed E-state index contributed by atoms with van der Waals surface area (Å²) in [7, 11) is 0. The minimum atomic E-state index is -1.05. The normalized spacial score (nSPS) is 11.8. The molecule has 2 amide bonds. The molecule has 0 spiro atoms. The predicted molar refractivity (Wildman–Crippen MR) is 79.6 cm³/mol. The average molecular weight is 288 g/mol. The Morgan fingerprint density at radius 1 is 1.32 bits per heavy atom. The number of carboxylic acids is 1. The van der Waals surface area contributed by atoms with Crippen molar-refractivity contribution in [1.29, 1.82) is 0 Å². The topological polar surface area (TPSA) is 78.4 Å². The number of urea groups is 1. The van der Waals surface area contributed by atoms with Crippen LogP contribution in [0.25, 0.3) is 0 Å². The molecule has 6 heteroatoms. The molecule has 0 aliphatic heterocycles. The fraction of sp³-hybridized carbons (Fsp3) is 0.692. The second-order valence-electron chi connectivity index (χ2n) is 5.30. The smallest absolute Gasteiger partial charge is 0.315 e. The molecule has 19 heavy (non-hydrogen) atoms. The fourth-order valence-electron chi connectivity index (χ4n) is 1.16. The molecule has 0 unspecified atom stereocenters. The fourth-order valence-corrected chi connectivity index (χ4v) is 1.73. The van der Waals surface area contributed by atoms with Crippen LogP contribution in [0, 0.1) is 5.41 Å². The van der Waals surface area contributed by atoms with Gasteiger partial charge in [-0.15, -0.1) is 6.58 Å². The van der Waals surface area contributed by atoms with Crippen molar-refractivity contribution in [3.8, 4) is 0 Å². The molecule has 5 nitrogen and oxygen atoms in total. The van der Waals surface area contributed by atoms with Crippen molar-refractivity contribution in [2.24, 2.45) is 5.41 Å². The van der Waals surface area contributed by atoms with Gasteiger partial charge in [-0.05, 0) is 27.7 Å². The number of hydrogen-bond acceptors (Lipinski definition) is 3. The molecular weight excluding hydrogens is 264 g/mol. The summed E-state index contributed by atoms with van der Waals surface area (Å²) in [5.41, 5.74) is -1.90. The van der Waals surface area contributed by atoms with Crippen LogP contribution >= 0.6 is 11.8 Å². The van der Waals surface area contributed by atoms with E-state index in [2.05, 4.69) is 17.2 Å². The Morgan fingerprint density at radius 3 is 2.37 bits per heavy atom. The highest BCUT2D eigenvalue weighted by atomic mass is 32.2. The molecule has 0 saturated carbocycles. The lowest BCUT2D eigenvalue weighted by molar-refractivity contribution is -0.150. The first-order chi connectivity index (χ1) is 8.65. The van der Waals surface area contributed by atoms with Gasteiger partial charge in [-0.25, -0.2) is 4.79 Å². The molecular formula is C13H24N2O3S. The zero-order chi connectivity index (χ0) is 15.1. The first-order valence-corrected chi connectivity index (χ1v) is 7.28. The van der Waals surface area contributed by atoms with Gasteiger partial charge in [-0.2, -0.15) is 11.8 Å². The Bertz CT molecular complexity index is 341. The SMILES string of the molecule is C=CCSCCNC(=O)NC(C)(C)C(C)(C)C(=O)O. The standard InChI is InChI=1S/C13H24N2O3S/c1-6-8-19-9-7-14-11(18)15-13(4,5)12(2,3)10(16)17/h6H,1,7-9H2,2-5H3,(H,16,17)(H2,14,15,18). The lowest BCUT2D eigenvalue weighted by atomic mass is 9.74. The second kappa shape index (κ2) is 7.43. The minimum Gasteiger partial charge on any atom is -0.481 e. The molecule has 0 radical (unpaired) electrons. The number of rotatable bonds is 8. The summed E-state index contributed by atoms with van der Waals surface area (Å²) in [6.45, 7) is 10.7. The van der Waals surface area contributed by atoms with Crippen molar-refractivity contribution >= 4 is 23.8 Å². The molecule has 0 aromatic heterocycles. The maximum Gasteiger partial charge on any atom is 0.315 e. The van der Waals surface area contributed by atoms with Crippen LogP contribution in [-0.2, 0) is 4.79 Å². The Morgan fingerprint density at radius 2 is 1.89 bits per heavy atom. The van der Waals surface area contributed by atoms with Crippen LogP contribution < -0.4 is 10.6 Å². The molecule has 0 aliphatic carbocycles. The molecule has 0 aliphatic rings. The molecule has 0 bridgehead atoms. The van der Waals surface area contributed by atoms with E-state index in [0.717, 1.165) is 11.5 Å². The van der Waals surface area contributed by atoms with E-state index < -0.39 is 16.9 Å². The van der Waals surface area contributed by atoms with Gasteiger partial charge < -0.3 is 15.7 Å². The van der Waals surface area contributed by atoms with Gasteiger partial charge in [0.25, 0.3) is 0 Å². The molecule has 0 saturated heterocycles. The van der Waals surface area contributed by atoms with Crippen molar-refractivity contribution in [1.82, 2.24) is 10.6 Å². The molecule has 3 N–H and O–H groups in total. The largest absolute Gasteiger partial charge is 0.481 e. The predicted octanol–water partition coefficient (Wildman–Crippen LogP) is 2.09. The number of carbonyl (C=O) groups is 2. The molecule has 0 atom stereocenters. The van der Waals surface area contributed by atoms with Crippen LogP contribution in [0.15, 0.2) is 12.7 Å². The van der Waals surface area contributed by atoms with Crippen molar-refractivity contribution < 1.29 is 14.7 Å². The van der Waals surface area contributed by atoms with Crippen LogP contribution in [0.2, 0.25) is 0 Å². The number of amides is 2. The van der Waals surface area contributed by atoms with Crippen LogP contribution in [-0.4, -0.2) is 40.7 Å². The van der Waals surface area contributed by atoms with Gasteiger partial charge in [0.2, 0.25) is 0 Å². The summed E-state index contributed by atoms with van der Waals surface area (Å²) in [6, 6.07) is -0.349. The highest BCUT2D eigenvalue weighted by Crippen LogP contribution is 2.30. The number of hydrogen-bond donors (Lipinski definition) is 3. The Kier molecular flexibility index (Phi) is 6.97. The highest BCUT2D eigenvalue weighted by molar-refractivity contribution is 7.99. The number of nitrogens with one attached hydrogen (secondary N) is 2. The zero-order valence-corrected chi connectivity index (χ0v) is 12.9. The third kappa shape index (κ3) is 5.55. The third-order valence-electron chi connectivity index (χ3n) is 3.29. The van der Waals surface area contributed by atoms with E-state index in [-0.39, 0.29) is 6.03 Å². The maximum absolute atomic E-state index is 11.7. The van der Waals surface area contributed by atoms with Gasteiger partial charge >= 0.3 is 12.0 Å². The van der Waals surface area contributed by atoms with Crippen LogP contribution in [0.1, 0.15) is 27.7 Å². The summed E-state index contributed by atoms with van der Waals surface area (Å²) in [5.74, 6) is 0.697. The lowest BCUT2D eigenvalue weighted by Gasteiger charge is -2.38. The van der Waals surface area contributed by atoms with Crippen molar-refractivity contribution in [3.05, 3.63) is 12.7 Å². The summed E-state index contributed by atoms with van der Waals surface area (Å²) >= 11 is 1.67. The van der Waals surface area contributed by atoms with Gasteiger partial charge in [0.05, 0.1) is 11.0 Å². The van der Waals surface area contributed by atoms with Crippen LogP contribution in [0.4, 0.5) is 4.79 Å². The molecule has 0 rings (SSSR count). The van der Waals surface area contributed by atoms with Crippen LogP contribution in [0.5, 0.6) is 0 Å². The molecule has 0 heterocycles. The van der Waals surface area contributed by atoms with Gasteiger partial charge in [0.15, 0.2) is 0 Å².